The molecule has 3 nitrogen and oxygen atoms in total. The van der Waals surface area contributed by atoms with Crippen molar-refractivity contribution in [2.75, 3.05) is 5.32 Å². The van der Waals surface area contributed by atoms with Gasteiger partial charge in [-0.25, -0.2) is 9.37 Å². The van der Waals surface area contributed by atoms with Crippen molar-refractivity contribution in [2.45, 2.75) is 45.1 Å². The third kappa shape index (κ3) is 3.39. The van der Waals surface area contributed by atoms with E-state index in [1.54, 1.807) is 6.07 Å². The highest BCUT2D eigenvalue weighted by Gasteiger charge is 2.17. The van der Waals surface area contributed by atoms with Crippen LogP contribution in [0.4, 0.5) is 10.3 Å². The van der Waals surface area contributed by atoms with Crippen molar-refractivity contribution in [1.29, 1.82) is 0 Å². The van der Waals surface area contributed by atoms with Gasteiger partial charge >= 0.3 is 0 Å². The SMILES string of the molecule is Cc1cn(-c2ccc(F)cc2I)c(NC2CCCCC2)n1. The number of rotatable bonds is 3. The summed E-state index contributed by atoms with van der Waals surface area (Å²) in [5.41, 5.74) is 1.93. The highest BCUT2D eigenvalue weighted by atomic mass is 127. The van der Waals surface area contributed by atoms with Crippen LogP contribution in [0.1, 0.15) is 37.8 Å². The van der Waals surface area contributed by atoms with Crippen molar-refractivity contribution >= 4 is 28.5 Å². The van der Waals surface area contributed by atoms with E-state index in [0.717, 1.165) is 20.9 Å². The predicted molar refractivity (Wildman–Crippen MR) is 91.5 cm³/mol. The molecule has 1 aromatic heterocycles. The van der Waals surface area contributed by atoms with E-state index < -0.39 is 0 Å². The van der Waals surface area contributed by atoms with E-state index in [1.165, 1.54) is 38.2 Å². The maximum absolute atomic E-state index is 13.3. The van der Waals surface area contributed by atoms with E-state index in [0.29, 0.717) is 6.04 Å². The number of nitrogens with one attached hydrogen (secondary N) is 1. The average Bonchev–Trinajstić information content (AvgIpc) is 2.80. The lowest BCUT2D eigenvalue weighted by molar-refractivity contribution is 0.460. The number of imidazole rings is 1. The van der Waals surface area contributed by atoms with Crippen LogP contribution in [0.3, 0.4) is 0 Å². The lowest BCUT2D eigenvalue weighted by Crippen LogP contribution is -2.24. The second-order valence-corrected chi connectivity index (χ2v) is 6.81. The van der Waals surface area contributed by atoms with E-state index in [-0.39, 0.29) is 5.82 Å². The van der Waals surface area contributed by atoms with Crippen LogP contribution in [0.25, 0.3) is 5.69 Å². The molecule has 112 valence electrons. The molecule has 0 spiro atoms. The van der Waals surface area contributed by atoms with Gasteiger partial charge in [-0.3, -0.25) is 4.57 Å². The molecule has 0 unspecified atom stereocenters. The van der Waals surface area contributed by atoms with E-state index in [2.05, 4.69) is 32.9 Å². The zero-order valence-corrected chi connectivity index (χ0v) is 14.2. The van der Waals surface area contributed by atoms with Gasteiger partial charge in [0.25, 0.3) is 0 Å². The summed E-state index contributed by atoms with van der Waals surface area (Å²) >= 11 is 2.17. The number of hydrogen-bond acceptors (Lipinski definition) is 2. The molecule has 0 aliphatic heterocycles. The molecule has 0 amide bonds. The maximum Gasteiger partial charge on any atom is 0.207 e. The Labute approximate surface area is 138 Å². The van der Waals surface area contributed by atoms with E-state index in [9.17, 15) is 4.39 Å². The van der Waals surface area contributed by atoms with Crippen molar-refractivity contribution in [3.8, 4) is 5.69 Å². The first-order valence-electron chi connectivity index (χ1n) is 7.41. The Morgan fingerprint density at radius 2 is 2.05 bits per heavy atom. The van der Waals surface area contributed by atoms with Crippen LogP contribution in [-0.4, -0.2) is 15.6 Å². The van der Waals surface area contributed by atoms with Crippen molar-refractivity contribution in [1.82, 2.24) is 9.55 Å². The summed E-state index contributed by atoms with van der Waals surface area (Å²) in [4.78, 5) is 4.60. The van der Waals surface area contributed by atoms with Crippen LogP contribution >= 0.6 is 22.6 Å². The van der Waals surface area contributed by atoms with Gasteiger partial charge in [0.1, 0.15) is 5.82 Å². The summed E-state index contributed by atoms with van der Waals surface area (Å²) in [5, 5.41) is 3.57. The van der Waals surface area contributed by atoms with Gasteiger partial charge in [0.2, 0.25) is 5.95 Å². The molecule has 1 fully saturated rings. The Morgan fingerprint density at radius 1 is 1.29 bits per heavy atom. The second kappa shape index (κ2) is 6.34. The second-order valence-electron chi connectivity index (χ2n) is 5.65. The summed E-state index contributed by atoms with van der Waals surface area (Å²) in [7, 11) is 0. The lowest BCUT2D eigenvalue weighted by Gasteiger charge is -2.23. The molecule has 2 aromatic rings. The fourth-order valence-electron chi connectivity index (χ4n) is 2.89. The molecule has 1 saturated carbocycles. The zero-order chi connectivity index (χ0) is 14.8. The molecule has 1 aliphatic rings. The van der Waals surface area contributed by atoms with Gasteiger partial charge in [-0.2, -0.15) is 0 Å². The molecule has 1 aliphatic carbocycles. The van der Waals surface area contributed by atoms with Crippen LogP contribution in [-0.2, 0) is 0 Å². The van der Waals surface area contributed by atoms with Crippen LogP contribution in [0.2, 0.25) is 0 Å². The predicted octanol–water partition coefficient (Wildman–Crippen LogP) is 4.67. The molecule has 0 bridgehead atoms. The first kappa shape index (κ1) is 14.8. The quantitative estimate of drug-likeness (QED) is 0.761. The number of aromatic nitrogens is 2. The Morgan fingerprint density at radius 3 is 2.76 bits per heavy atom. The topological polar surface area (TPSA) is 29.9 Å². The highest BCUT2D eigenvalue weighted by Crippen LogP contribution is 2.26. The summed E-state index contributed by atoms with van der Waals surface area (Å²) in [5.74, 6) is 0.658. The average molecular weight is 399 g/mol. The number of benzene rings is 1. The number of halogens is 2. The molecule has 1 heterocycles. The van der Waals surface area contributed by atoms with Gasteiger partial charge in [0.15, 0.2) is 0 Å². The third-order valence-electron chi connectivity index (χ3n) is 3.93. The van der Waals surface area contributed by atoms with Crippen LogP contribution in [0.15, 0.2) is 24.4 Å². The van der Waals surface area contributed by atoms with E-state index in [4.69, 9.17) is 0 Å². The summed E-state index contributed by atoms with van der Waals surface area (Å²) in [6.45, 7) is 1.99. The lowest BCUT2D eigenvalue weighted by atomic mass is 9.96. The maximum atomic E-state index is 13.3. The van der Waals surface area contributed by atoms with Gasteiger partial charge in [-0.15, -0.1) is 0 Å². The Hall–Kier alpha value is -1.11. The van der Waals surface area contributed by atoms with Gasteiger partial charge in [0.05, 0.1) is 11.4 Å². The van der Waals surface area contributed by atoms with Crippen molar-refractivity contribution in [3.05, 3.63) is 39.5 Å². The standard InChI is InChI=1S/C16H19FIN3/c1-11-10-21(15-8-7-12(17)9-14(15)18)16(19-11)20-13-5-3-2-4-6-13/h7-10,13H,2-6H2,1H3,(H,19,20). The van der Waals surface area contributed by atoms with Gasteiger partial charge < -0.3 is 5.32 Å². The number of hydrogen-bond donors (Lipinski definition) is 1. The fourth-order valence-corrected chi connectivity index (χ4v) is 3.63. The molecule has 1 N–H and O–H groups in total. The summed E-state index contributed by atoms with van der Waals surface area (Å²) in [6, 6.07) is 5.36. The third-order valence-corrected chi connectivity index (χ3v) is 4.80. The summed E-state index contributed by atoms with van der Waals surface area (Å²) < 4.78 is 16.2. The van der Waals surface area contributed by atoms with E-state index in [1.807, 2.05) is 23.8 Å². The minimum atomic E-state index is -0.207. The number of anilines is 1. The smallest absolute Gasteiger partial charge is 0.207 e. The molecule has 0 radical (unpaired) electrons. The molecule has 21 heavy (non-hydrogen) atoms. The van der Waals surface area contributed by atoms with Gasteiger partial charge in [0, 0.05) is 15.8 Å². The molecular weight excluding hydrogens is 380 g/mol. The Bertz CT molecular complexity index is 632. The fraction of sp³-hybridized carbons (Fsp3) is 0.438. The van der Waals surface area contributed by atoms with Crippen LogP contribution in [0, 0.1) is 16.3 Å². The molecule has 3 rings (SSSR count). The van der Waals surface area contributed by atoms with Crippen molar-refractivity contribution < 1.29 is 4.39 Å². The van der Waals surface area contributed by atoms with Gasteiger partial charge in [-0.05, 0) is 60.6 Å². The number of nitrogens with zero attached hydrogens (tertiary/aromatic N) is 2. The van der Waals surface area contributed by atoms with Crippen LogP contribution in [0.5, 0.6) is 0 Å². The van der Waals surface area contributed by atoms with Gasteiger partial charge in [-0.1, -0.05) is 19.3 Å². The Kier molecular flexibility index (Phi) is 4.47. The highest BCUT2D eigenvalue weighted by molar-refractivity contribution is 14.1. The molecular formula is C16H19FIN3. The van der Waals surface area contributed by atoms with Crippen molar-refractivity contribution in [2.24, 2.45) is 0 Å². The van der Waals surface area contributed by atoms with E-state index >= 15 is 0 Å². The Balaban J connectivity index is 1.91. The van der Waals surface area contributed by atoms with Crippen LogP contribution < -0.4 is 5.32 Å². The number of aryl methyl sites for hydroxylation is 1. The first-order chi connectivity index (χ1) is 10.1. The minimum absolute atomic E-state index is 0.207. The zero-order valence-electron chi connectivity index (χ0n) is 12.1. The summed E-state index contributed by atoms with van der Waals surface area (Å²) in [6.07, 6.45) is 8.30. The molecule has 0 atom stereocenters. The largest absolute Gasteiger partial charge is 0.353 e. The monoisotopic (exact) mass is 399 g/mol. The molecule has 0 saturated heterocycles. The molecule has 1 aromatic carbocycles. The van der Waals surface area contributed by atoms with Crippen molar-refractivity contribution in [3.63, 3.8) is 0 Å². The minimum Gasteiger partial charge on any atom is -0.353 e. The first-order valence-corrected chi connectivity index (χ1v) is 8.49. The normalized spacial score (nSPS) is 16.1. The molecule has 5 heteroatoms.